The zero-order valence-electron chi connectivity index (χ0n) is 10.3. The van der Waals surface area contributed by atoms with Crippen molar-refractivity contribution in [2.24, 2.45) is 0 Å². The Kier molecular flexibility index (Phi) is 4.27. The Morgan fingerprint density at radius 2 is 2.00 bits per heavy atom. The summed E-state index contributed by atoms with van der Waals surface area (Å²) < 4.78 is 24.3. The summed E-state index contributed by atoms with van der Waals surface area (Å²) in [4.78, 5) is 0. The van der Waals surface area contributed by atoms with Gasteiger partial charge in [-0.15, -0.1) is 0 Å². The first kappa shape index (κ1) is 13.7. The molecule has 0 radical (unpaired) electrons. The number of ether oxygens (including phenoxy) is 2. The number of nitrogens with two attached hydrogens (primary N) is 1. The highest BCUT2D eigenvalue weighted by Crippen LogP contribution is 2.25. The summed E-state index contributed by atoms with van der Waals surface area (Å²) in [7, 11) is 1.59. The fourth-order valence-corrected chi connectivity index (χ4v) is 2.00. The molecule has 0 aliphatic rings. The predicted molar refractivity (Wildman–Crippen MR) is 75.8 cm³/mol. The molecule has 0 heterocycles. The first-order valence-electron chi connectivity index (χ1n) is 5.60. The number of hydrogen-bond donors (Lipinski definition) is 1. The van der Waals surface area contributed by atoms with Crippen LogP contribution < -0.4 is 15.2 Å². The summed E-state index contributed by atoms with van der Waals surface area (Å²) in [6.45, 7) is 0.298. The molecule has 0 saturated carbocycles. The van der Waals surface area contributed by atoms with E-state index < -0.39 is 0 Å². The smallest absolute Gasteiger partial charge is 0.137 e. The minimum Gasteiger partial charge on any atom is -0.496 e. The molecule has 19 heavy (non-hydrogen) atoms. The van der Waals surface area contributed by atoms with Gasteiger partial charge in [0.05, 0.1) is 11.6 Å². The summed E-state index contributed by atoms with van der Waals surface area (Å²) in [5.41, 5.74) is 7.20. The van der Waals surface area contributed by atoms with Crippen molar-refractivity contribution in [1.82, 2.24) is 0 Å². The molecule has 0 amide bonds. The van der Waals surface area contributed by atoms with E-state index >= 15 is 0 Å². The van der Waals surface area contributed by atoms with Crippen molar-refractivity contribution in [3.63, 3.8) is 0 Å². The Morgan fingerprint density at radius 1 is 1.21 bits per heavy atom. The van der Waals surface area contributed by atoms with Crippen LogP contribution in [0.25, 0.3) is 0 Å². The van der Waals surface area contributed by atoms with Crippen molar-refractivity contribution >= 4 is 21.6 Å². The lowest BCUT2D eigenvalue weighted by atomic mass is 10.2. The van der Waals surface area contributed by atoms with E-state index in [1.54, 1.807) is 37.4 Å². The Morgan fingerprint density at radius 3 is 2.68 bits per heavy atom. The van der Waals surface area contributed by atoms with Crippen molar-refractivity contribution in [3.05, 3.63) is 52.3 Å². The first-order chi connectivity index (χ1) is 9.10. The molecule has 100 valence electrons. The molecule has 2 aromatic rings. The summed E-state index contributed by atoms with van der Waals surface area (Å²) in [6.07, 6.45) is 0. The van der Waals surface area contributed by atoms with Crippen molar-refractivity contribution in [1.29, 1.82) is 0 Å². The molecular formula is C14H13BrFNO2. The summed E-state index contributed by atoms with van der Waals surface area (Å²) >= 11 is 3.11. The number of nitrogen functional groups attached to an aromatic ring is 1. The van der Waals surface area contributed by atoms with Crippen molar-refractivity contribution in [2.75, 3.05) is 12.8 Å². The van der Waals surface area contributed by atoms with Crippen LogP contribution in [0.4, 0.5) is 10.1 Å². The first-order valence-corrected chi connectivity index (χ1v) is 6.39. The fourth-order valence-electron chi connectivity index (χ4n) is 1.64. The Balaban J connectivity index is 2.13. The number of halogens is 2. The fraction of sp³-hybridized carbons (Fsp3) is 0.143. The Hall–Kier alpha value is -1.75. The summed E-state index contributed by atoms with van der Waals surface area (Å²) in [5, 5.41) is 0. The van der Waals surface area contributed by atoms with E-state index in [0.717, 1.165) is 5.56 Å². The van der Waals surface area contributed by atoms with Gasteiger partial charge >= 0.3 is 0 Å². The standard InChI is InChI=1S/C14H13BrFNO2/c1-18-14-5-2-10(17)6-9(14)8-19-11-3-4-13(16)12(15)7-11/h2-7H,8,17H2,1H3. The van der Waals surface area contributed by atoms with Gasteiger partial charge in [0.2, 0.25) is 0 Å². The molecule has 0 atom stereocenters. The van der Waals surface area contributed by atoms with Gasteiger partial charge in [0, 0.05) is 11.3 Å². The van der Waals surface area contributed by atoms with E-state index in [2.05, 4.69) is 15.9 Å². The SMILES string of the molecule is COc1ccc(N)cc1COc1ccc(F)c(Br)c1. The average Bonchev–Trinajstić information content (AvgIpc) is 2.40. The lowest BCUT2D eigenvalue weighted by Gasteiger charge is -2.11. The van der Waals surface area contributed by atoms with Crippen molar-refractivity contribution < 1.29 is 13.9 Å². The molecule has 5 heteroatoms. The van der Waals surface area contributed by atoms with Crippen LogP contribution in [0.1, 0.15) is 5.56 Å². The van der Waals surface area contributed by atoms with Crippen LogP contribution >= 0.6 is 15.9 Å². The maximum absolute atomic E-state index is 13.1. The molecule has 0 bridgehead atoms. The normalized spacial score (nSPS) is 10.3. The number of benzene rings is 2. The highest BCUT2D eigenvalue weighted by molar-refractivity contribution is 9.10. The van der Waals surface area contributed by atoms with Crippen LogP contribution in [-0.2, 0) is 6.61 Å². The third kappa shape index (κ3) is 3.38. The van der Waals surface area contributed by atoms with E-state index in [0.29, 0.717) is 28.3 Å². The van der Waals surface area contributed by atoms with Gasteiger partial charge in [-0.25, -0.2) is 4.39 Å². The number of methoxy groups -OCH3 is 1. The number of anilines is 1. The zero-order valence-corrected chi connectivity index (χ0v) is 11.9. The van der Waals surface area contributed by atoms with Crippen LogP contribution in [0.2, 0.25) is 0 Å². The molecular weight excluding hydrogens is 313 g/mol. The maximum atomic E-state index is 13.1. The van der Waals surface area contributed by atoms with Crippen LogP contribution in [0.5, 0.6) is 11.5 Å². The monoisotopic (exact) mass is 325 g/mol. The summed E-state index contributed by atoms with van der Waals surface area (Å²) in [6, 6.07) is 9.83. The number of rotatable bonds is 4. The van der Waals surface area contributed by atoms with Crippen LogP contribution in [0.3, 0.4) is 0 Å². The molecule has 0 saturated heterocycles. The van der Waals surface area contributed by atoms with Crippen LogP contribution in [0, 0.1) is 5.82 Å². The third-order valence-corrected chi connectivity index (χ3v) is 3.20. The molecule has 0 spiro atoms. The molecule has 0 aliphatic heterocycles. The molecule has 0 fully saturated rings. The van der Waals surface area contributed by atoms with Gasteiger partial charge in [0.15, 0.2) is 0 Å². The Bertz CT molecular complexity index is 590. The largest absolute Gasteiger partial charge is 0.496 e. The third-order valence-electron chi connectivity index (χ3n) is 2.59. The van der Waals surface area contributed by atoms with Gasteiger partial charge in [-0.2, -0.15) is 0 Å². The van der Waals surface area contributed by atoms with Crippen molar-refractivity contribution in [2.45, 2.75) is 6.61 Å². The highest BCUT2D eigenvalue weighted by atomic mass is 79.9. The predicted octanol–water partition coefficient (Wildman–Crippen LogP) is 3.76. The van der Waals surface area contributed by atoms with E-state index in [9.17, 15) is 4.39 Å². The van der Waals surface area contributed by atoms with Gasteiger partial charge in [0.1, 0.15) is 23.9 Å². The molecule has 0 aliphatic carbocycles. The van der Waals surface area contributed by atoms with Gasteiger partial charge < -0.3 is 15.2 Å². The molecule has 0 aromatic heterocycles. The van der Waals surface area contributed by atoms with Crippen LogP contribution in [-0.4, -0.2) is 7.11 Å². The number of hydrogen-bond acceptors (Lipinski definition) is 3. The van der Waals surface area contributed by atoms with E-state index in [-0.39, 0.29) is 5.82 Å². The second-order valence-electron chi connectivity index (χ2n) is 3.94. The van der Waals surface area contributed by atoms with Crippen molar-refractivity contribution in [3.8, 4) is 11.5 Å². The Labute approximate surface area is 119 Å². The van der Waals surface area contributed by atoms with Gasteiger partial charge in [-0.3, -0.25) is 0 Å². The molecule has 2 rings (SSSR count). The molecule has 2 aromatic carbocycles. The van der Waals surface area contributed by atoms with Gasteiger partial charge in [-0.05, 0) is 52.3 Å². The van der Waals surface area contributed by atoms with Crippen LogP contribution in [0.15, 0.2) is 40.9 Å². The quantitative estimate of drug-likeness (QED) is 0.870. The molecule has 0 unspecified atom stereocenters. The topological polar surface area (TPSA) is 44.5 Å². The summed E-state index contributed by atoms with van der Waals surface area (Å²) in [5.74, 6) is 0.946. The second kappa shape index (κ2) is 5.93. The zero-order chi connectivity index (χ0) is 13.8. The average molecular weight is 326 g/mol. The lowest BCUT2D eigenvalue weighted by molar-refractivity contribution is 0.296. The molecule has 3 nitrogen and oxygen atoms in total. The van der Waals surface area contributed by atoms with E-state index in [1.807, 2.05) is 0 Å². The van der Waals surface area contributed by atoms with E-state index in [4.69, 9.17) is 15.2 Å². The lowest BCUT2D eigenvalue weighted by Crippen LogP contribution is -2.00. The highest BCUT2D eigenvalue weighted by Gasteiger charge is 2.06. The van der Waals surface area contributed by atoms with E-state index in [1.165, 1.54) is 6.07 Å². The molecule has 2 N–H and O–H groups in total. The maximum Gasteiger partial charge on any atom is 0.137 e. The minimum absolute atomic E-state index is 0.298. The second-order valence-corrected chi connectivity index (χ2v) is 4.79. The van der Waals surface area contributed by atoms with Gasteiger partial charge in [-0.1, -0.05) is 0 Å². The van der Waals surface area contributed by atoms with Gasteiger partial charge in [0.25, 0.3) is 0 Å². The minimum atomic E-state index is -0.325.